The molecule has 0 aliphatic heterocycles. The number of hydrogen-bond donors (Lipinski definition) is 1. The summed E-state index contributed by atoms with van der Waals surface area (Å²) in [6.07, 6.45) is 0.451. The van der Waals surface area contributed by atoms with Crippen LogP contribution < -0.4 is 5.73 Å². The molecule has 0 saturated heterocycles. The summed E-state index contributed by atoms with van der Waals surface area (Å²) in [7, 11) is 0. The van der Waals surface area contributed by atoms with Crippen LogP contribution in [0.2, 0.25) is 0 Å². The van der Waals surface area contributed by atoms with Crippen LogP contribution in [0.4, 0.5) is 13.2 Å². The largest absolute Gasteiger partial charge is 0.416 e. The first kappa shape index (κ1) is 16.7. The van der Waals surface area contributed by atoms with Crippen molar-refractivity contribution in [1.82, 2.24) is 0 Å². The molecular formula is C16H22F3NS. The summed E-state index contributed by atoms with van der Waals surface area (Å²) in [5, 5.41) is 0.540. The summed E-state index contributed by atoms with van der Waals surface area (Å²) < 4.78 is 39.0. The van der Waals surface area contributed by atoms with Crippen molar-refractivity contribution in [1.29, 1.82) is 0 Å². The molecule has 3 atom stereocenters. The van der Waals surface area contributed by atoms with Gasteiger partial charge in [-0.1, -0.05) is 38.0 Å². The molecule has 2 N–H and O–H groups in total. The number of benzene rings is 1. The van der Waals surface area contributed by atoms with Crippen molar-refractivity contribution in [3.63, 3.8) is 0 Å². The molecule has 2 rings (SSSR count). The van der Waals surface area contributed by atoms with E-state index in [9.17, 15) is 13.2 Å². The van der Waals surface area contributed by atoms with Crippen molar-refractivity contribution >= 4 is 11.8 Å². The second kappa shape index (κ2) is 7.05. The second-order valence-electron chi connectivity index (χ2n) is 5.92. The molecule has 0 bridgehead atoms. The molecule has 1 aliphatic rings. The number of thioether (sulfide) groups is 1. The summed E-state index contributed by atoms with van der Waals surface area (Å²) in [5.41, 5.74) is 5.63. The van der Waals surface area contributed by atoms with Gasteiger partial charge in [0, 0.05) is 17.0 Å². The topological polar surface area (TPSA) is 26.0 Å². The molecule has 0 heterocycles. The zero-order chi connectivity index (χ0) is 15.5. The van der Waals surface area contributed by atoms with Gasteiger partial charge < -0.3 is 5.73 Å². The van der Waals surface area contributed by atoms with Crippen LogP contribution in [-0.2, 0) is 6.18 Å². The number of rotatable bonds is 4. The Morgan fingerprint density at radius 1 is 1.29 bits per heavy atom. The minimum absolute atomic E-state index is 0.210. The monoisotopic (exact) mass is 317 g/mol. The summed E-state index contributed by atoms with van der Waals surface area (Å²) >= 11 is 1.73. The van der Waals surface area contributed by atoms with E-state index in [0.717, 1.165) is 24.8 Å². The molecule has 0 spiro atoms. The van der Waals surface area contributed by atoms with Crippen LogP contribution >= 0.6 is 11.8 Å². The molecule has 1 nitrogen and oxygen atoms in total. The predicted molar refractivity (Wildman–Crippen MR) is 82.3 cm³/mol. The average molecular weight is 317 g/mol. The minimum Gasteiger partial charge on any atom is -0.323 e. The molecule has 21 heavy (non-hydrogen) atoms. The van der Waals surface area contributed by atoms with Crippen molar-refractivity contribution in [2.24, 2.45) is 11.7 Å². The van der Waals surface area contributed by atoms with Crippen LogP contribution in [0.3, 0.4) is 0 Å². The molecular weight excluding hydrogens is 295 g/mol. The third-order valence-corrected chi connectivity index (χ3v) is 5.52. The molecule has 0 radical (unpaired) electrons. The molecule has 1 aromatic rings. The van der Waals surface area contributed by atoms with E-state index in [4.69, 9.17) is 5.73 Å². The Bertz CT molecular complexity index is 461. The van der Waals surface area contributed by atoms with E-state index in [2.05, 4.69) is 6.92 Å². The van der Waals surface area contributed by atoms with Crippen LogP contribution in [0.25, 0.3) is 0 Å². The SMILES string of the molecule is CC1CCCC(SCC(N)c2ccccc2C(F)(F)F)C1. The Hall–Kier alpha value is -0.680. The molecule has 1 aromatic carbocycles. The van der Waals surface area contributed by atoms with Crippen LogP contribution in [0.1, 0.15) is 49.8 Å². The Kier molecular flexibility index (Phi) is 5.60. The van der Waals surface area contributed by atoms with E-state index in [1.807, 2.05) is 0 Å². The van der Waals surface area contributed by atoms with Crippen LogP contribution in [0, 0.1) is 5.92 Å². The highest BCUT2D eigenvalue weighted by Gasteiger charge is 2.34. The predicted octanol–water partition coefficient (Wildman–Crippen LogP) is 5.02. The van der Waals surface area contributed by atoms with Gasteiger partial charge in [0.25, 0.3) is 0 Å². The highest BCUT2D eigenvalue weighted by atomic mass is 32.2. The number of nitrogens with two attached hydrogens (primary N) is 1. The standard InChI is InChI=1S/C16H22F3NS/c1-11-5-4-6-12(9-11)21-10-15(20)13-7-2-3-8-14(13)16(17,18)19/h2-3,7-8,11-12,15H,4-6,9-10,20H2,1H3. The van der Waals surface area contributed by atoms with Crippen molar-refractivity contribution in [3.8, 4) is 0 Å². The van der Waals surface area contributed by atoms with Crippen LogP contribution in [-0.4, -0.2) is 11.0 Å². The lowest BCUT2D eigenvalue weighted by atomic mass is 9.91. The highest BCUT2D eigenvalue weighted by molar-refractivity contribution is 7.99. The van der Waals surface area contributed by atoms with Gasteiger partial charge in [-0.25, -0.2) is 0 Å². The van der Waals surface area contributed by atoms with Gasteiger partial charge in [-0.2, -0.15) is 24.9 Å². The zero-order valence-electron chi connectivity index (χ0n) is 12.2. The molecule has 1 aliphatic carbocycles. The molecule has 0 aromatic heterocycles. The van der Waals surface area contributed by atoms with E-state index in [1.165, 1.54) is 25.0 Å². The fraction of sp³-hybridized carbons (Fsp3) is 0.625. The van der Waals surface area contributed by atoms with Gasteiger partial charge in [-0.05, 0) is 30.4 Å². The van der Waals surface area contributed by atoms with Gasteiger partial charge in [0.05, 0.1) is 5.56 Å². The number of halogens is 3. The van der Waals surface area contributed by atoms with Gasteiger partial charge >= 0.3 is 6.18 Å². The van der Waals surface area contributed by atoms with Crippen molar-refractivity contribution in [2.45, 2.75) is 50.1 Å². The molecule has 3 unspecified atom stereocenters. The Labute approximate surface area is 128 Å². The maximum absolute atomic E-state index is 13.0. The van der Waals surface area contributed by atoms with Gasteiger partial charge in [0.2, 0.25) is 0 Å². The molecule has 0 amide bonds. The maximum atomic E-state index is 13.0. The van der Waals surface area contributed by atoms with Crippen LogP contribution in [0.15, 0.2) is 24.3 Å². The fourth-order valence-electron chi connectivity index (χ4n) is 2.94. The van der Waals surface area contributed by atoms with Crippen molar-refractivity contribution in [2.75, 3.05) is 5.75 Å². The Balaban J connectivity index is 1.99. The second-order valence-corrected chi connectivity index (χ2v) is 7.25. The first-order valence-electron chi connectivity index (χ1n) is 7.41. The molecule has 1 fully saturated rings. The third kappa shape index (κ3) is 4.65. The smallest absolute Gasteiger partial charge is 0.323 e. The first-order valence-corrected chi connectivity index (χ1v) is 8.46. The molecule has 118 valence electrons. The molecule has 1 saturated carbocycles. The molecule has 5 heteroatoms. The van der Waals surface area contributed by atoms with Gasteiger partial charge in [0.15, 0.2) is 0 Å². The first-order chi connectivity index (χ1) is 9.88. The minimum atomic E-state index is -4.34. The Morgan fingerprint density at radius 2 is 2.00 bits per heavy atom. The third-order valence-electron chi connectivity index (χ3n) is 4.07. The van der Waals surface area contributed by atoms with Gasteiger partial charge in [-0.15, -0.1) is 0 Å². The fourth-order valence-corrected chi connectivity index (χ4v) is 4.39. The van der Waals surface area contributed by atoms with Crippen molar-refractivity contribution in [3.05, 3.63) is 35.4 Å². The zero-order valence-corrected chi connectivity index (χ0v) is 13.0. The summed E-state index contributed by atoms with van der Waals surface area (Å²) in [5.74, 6) is 1.26. The van der Waals surface area contributed by atoms with E-state index >= 15 is 0 Å². The van der Waals surface area contributed by atoms with Gasteiger partial charge in [-0.3, -0.25) is 0 Å². The van der Waals surface area contributed by atoms with E-state index < -0.39 is 17.8 Å². The highest BCUT2D eigenvalue weighted by Crippen LogP contribution is 2.37. The normalized spacial score (nSPS) is 24.8. The van der Waals surface area contributed by atoms with E-state index in [-0.39, 0.29) is 5.56 Å². The number of hydrogen-bond acceptors (Lipinski definition) is 2. The lowest BCUT2D eigenvalue weighted by Crippen LogP contribution is -2.22. The summed E-state index contributed by atoms with van der Waals surface area (Å²) in [6.45, 7) is 2.24. The average Bonchev–Trinajstić information content (AvgIpc) is 2.44. The van der Waals surface area contributed by atoms with Crippen molar-refractivity contribution < 1.29 is 13.2 Å². The number of alkyl halides is 3. The van der Waals surface area contributed by atoms with Gasteiger partial charge in [0.1, 0.15) is 0 Å². The Morgan fingerprint density at radius 3 is 2.67 bits per heavy atom. The van der Waals surface area contributed by atoms with Crippen LogP contribution in [0.5, 0.6) is 0 Å². The quantitative estimate of drug-likeness (QED) is 0.844. The maximum Gasteiger partial charge on any atom is 0.416 e. The lowest BCUT2D eigenvalue weighted by molar-refractivity contribution is -0.138. The lowest BCUT2D eigenvalue weighted by Gasteiger charge is -2.27. The summed E-state index contributed by atoms with van der Waals surface area (Å²) in [4.78, 5) is 0. The van der Waals surface area contributed by atoms with E-state index in [0.29, 0.717) is 11.0 Å². The summed E-state index contributed by atoms with van der Waals surface area (Å²) in [6, 6.07) is 5.08. The van der Waals surface area contributed by atoms with E-state index in [1.54, 1.807) is 17.8 Å².